The van der Waals surface area contributed by atoms with Gasteiger partial charge in [-0.05, 0) is 46.4 Å². The Bertz CT molecular complexity index is 1420. The van der Waals surface area contributed by atoms with Gasteiger partial charge in [-0.3, -0.25) is 9.48 Å². The molecule has 0 spiro atoms. The first kappa shape index (κ1) is 21.7. The van der Waals surface area contributed by atoms with Crippen LogP contribution in [0.4, 0.5) is 5.69 Å². The van der Waals surface area contributed by atoms with Gasteiger partial charge in [0.25, 0.3) is 5.91 Å². The van der Waals surface area contributed by atoms with E-state index in [1.54, 1.807) is 0 Å². The van der Waals surface area contributed by atoms with Gasteiger partial charge in [0.15, 0.2) is 5.69 Å². The van der Waals surface area contributed by atoms with E-state index in [1.807, 2.05) is 59.3 Å². The molecule has 0 saturated carbocycles. The summed E-state index contributed by atoms with van der Waals surface area (Å²) >= 11 is 0. The highest BCUT2D eigenvalue weighted by atomic mass is 16.2. The van der Waals surface area contributed by atoms with E-state index < -0.39 is 0 Å². The van der Waals surface area contributed by atoms with Crippen molar-refractivity contribution in [3.8, 4) is 11.1 Å². The van der Waals surface area contributed by atoms with Crippen molar-refractivity contribution in [2.45, 2.75) is 26.3 Å². The summed E-state index contributed by atoms with van der Waals surface area (Å²) in [6.45, 7) is 4.90. The molecule has 4 heteroatoms. The number of para-hydroxylation sites is 1. The number of aromatic nitrogens is 2. The summed E-state index contributed by atoms with van der Waals surface area (Å²) in [6.07, 6.45) is 0. The summed E-state index contributed by atoms with van der Waals surface area (Å²) in [7, 11) is 0. The molecule has 0 atom stereocenters. The minimum absolute atomic E-state index is 0.202. The number of carbonyl (C=O) groups is 1. The molecule has 0 aliphatic rings. The summed E-state index contributed by atoms with van der Waals surface area (Å²) in [5, 5.41) is 8.56. The van der Waals surface area contributed by atoms with Crippen LogP contribution >= 0.6 is 0 Å². The standard InChI is InChI=1S/C30H27N3O/c1-21(2)23-16-18-26(19-17-23)31-30(34)29-27-10-6-7-11-28(27)33(32-29)20-22-12-14-25(15-13-22)24-8-4-3-5-9-24/h3-19,21H,20H2,1-2H3,(H,31,34). The lowest BCUT2D eigenvalue weighted by Gasteiger charge is -2.08. The van der Waals surface area contributed by atoms with Crippen LogP contribution in [0.15, 0.2) is 103 Å². The zero-order chi connectivity index (χ0) is 23.5. The van der Waals surface area contributed by atoms with Crippen molar-refractivity contribution in [3.63, 3.8) is 0 Å². The highest BCUT2D eigenvalue weighted by Crippen LogP contribution is 2.24. The first-order valence-corrected chi connectivity index (χ1v) is 11.6. The van der Waals surface area contributed by atoms with Crippen LogP contribution in [-0.4, -0.2) is 15.7 Å². The first-order valence-electron chi connectivity index (χ1n) is 11.6. The van der Waals surface area contributed by atoms with Crippen molar-refractivity contribution >= 4 is 22.5 Å². The van der Waals surface area contributed by atoms with Crippen molar-refractivity contribution < 1.29 is 4.79 Å². The van der Waals surface area contributed by atoms with Gasteiger partial charge in [-0.15, -0.1) is 0 Å². The van der Waals surface area contributed by atoms with E-state index in [1.165, 1.54) is 16.7 Å². The monoisotopic (exact) mass is 445 g/mol. The van der Waals surface area contributed by atoms with Gasteiger partial charge in [-0.1, -0.05) is 98.8 Å². The van der Waals surface area contributed by atoms with Crippen molar-refractivity contribution in [1.82, 2.24) is 9.78 Å². The second-order valence-electron chi connectivity index (χ2n) is 8.82. The molecule has 168 valence electrons. The molecule has 0 fully saturated rings. The third-order valence-electron chi connectivity index (χ3n) is 6.10. The SMILES string of the molecule is CC(C)c1ccc(NC(=O)c2nn(Cc3ccc(-c4ccccc4)cc3)c3ccccc23)cc1. The summed E-state index contributed by atoms with van der Waals surface area (Å²) < 4.78 is 1.91. The Hall–Kier alpha value is -4.18. The highest BCUT2D eigenvalue weighted by Gasteiger charge is 2.17. The lowest BCUT2D eigenvalue weighted by Crippen LogP contribution is -2.14. The Morgan fingerprint density at radius 2 is 1.44 bits per heavy atom. The van der Waals surface area contributed by atoms with Crippen LogP contribution in [0.2, 0.25) is 0 Å². The average molecular weight is 446 g/mol. The molecule has 0 bridgehead atoms. The average Bonchev–Trinajstić information content (AvgIpc) is 3.24. The fourth-order valence-corrected chi connectivity index (χ4v) is 4.16. The fraction of sp³-hybridized carbons (Fsp3) is 0.133. The van der Waals surface area contributed by atoms with E-state index >= 15 is 0 Å². The zero-order valence-electron chi connectivity index (χ0n) is 19.4. The van der Waals surface area contributed by atoms with E-state index in [0.29, 0.717) is 18.2 Å². The van der Waals surface area contributed by atoms with Gasteiger partial charge in [0.05, 0.1) is 12.1 Å². The lowest BCUT2D eigenvalue weighted by atomic mass is 10.0. The third kappa shape index (κ3) is 4.48. The number of benzene rings is 4. The topological polar surface area (TPSA) is 46.9 Å². The predicted octanol–water partition coefficient (Wildman–Crippen LogP) is 7.13. The molecule has 0 radical (unpaired) electrons. The van der Waals surface area contributed by atoms with Crippen molar-refractivity contribution in [2.24, 2.45) is 0 Å². The van der Waals surface area contributed by atoms with E-state index in [-0.39, 0.29) is 5.91 Å². The van der Waals surface area contributed by atoms with Gasteiger partial charge in [0, 0.05) is 11.1 Å². The van der Waals surface area contributed by atoms with Crippen LogP contribution in [0.3, 0.4) is 0 Å². The molecular weight excluding hydrogens is 418 g/mol. The van der Waals surface area contributed by atoms with Crippen molar-refractivity contribution in [2.75, 3.05) is 5.32 Å². The highest BCUT2D eigenvalue weighted by molar-refractivity contribution is 6.11. The fourth-order valence-electron chi connectivity index (χ4n) is 4.16. The molecule has 0 saturated heterocycles. The molecule has 1 N–H and O–H groups in total. The summed E-state index contributed by atoms with van der Waals surface area (Å²) in [4.78, 5) is 13.1. The maximum absolute atomic E-state index is 13.1. The van der Waals surface area contributed by atoms with E-state index in [2.05, 4.69) is 67.7 Å². The molecule has 4 aromatic carbocycles. The largest absolute Gasteiger partial charge is 0.321 e. The van der Waals surface area contributed by atoms with Crippen molar-refractivity contribution in [1.29, 1.82) is 0 Å². The molecule has 1 amide bonds. The molecule has 0 aliphatic heterocycles. The zero-order valence-corrected chi connectivity index (χ0v) is 19.4. The number of nitrogens with one attached hydrogen (secondary N) is 1. The molecule has 34 heavy (non-hydrogen) atoms. The first-order chi connectivity index (χ1) is 16.6. The van der Waals surface area contributed by atoms with Gasteiger partial charge < -0.3 is 5.32 Å². The Morgan fingerprint density at radius 3 is 2.15 bits per heavy atom. The van der Waals surface area contributed by atoms with Gasteiger partial charge in [-0.2, -0.15) is 5.10 Å². The van der Waals surface area contributed by atoms with Gasteiger partial charge >= 0.3 is 0 Å². The molecule has 1 heterocycles. The number of fused-ring (bicyclic) bond motifs is 1. The Labute approximate surface area is 199 Å². The molecule has 5 aromatic rings. The second-order valence-corrected chi connectivity index (χ2v) is 8.82. The van der Waals surface area contributed by atoms with E-state index in [4.69, 9.17) is 5.10 Å². The maximum Gasteiger partial charge on any atom is 0.276 e. The lowest BCUT2D eigenvalue weighted by molar-refractivity contribution is 0.102. The molecule has 0 unspecified atom stereocenters. The predicted molar refractivity (Wildman–Crippen MR) is 139 cm³/mol. The maximum atomic E-state index is 13.1. The molecular formula is C30H27N3O. The summed E-state index contributed by atoms with van der Waals surface area (Å²) in [5.74, 6) is 0.248. The van der Waals surface area contributed by atoms with Gasteiger partial charge in [-0.25, -0.2) is 0 Å². The van der Waals surface area contributed by atoms with Crippen molar-refractivity contribution in [3.05, 3.63) is 120 Å². The number of hydrogen-bond donors (Lipinski definition) is 1. The summed E-state index contributed by atoms with van der Waals surface area (Å²) in [5.41, 5.74) is 6.89. The quantitative estimate of drug-likeness (QED) is 0.302. The molecule has 4 nitrogen and oxygen atoms in total. The molecule has 0 aliphatic carbocycles. The Kier molecular flexibility index (Phi) is 5.96. The van der Waals surface area contributed by atoms with Gasteiger partial charge in [0.2, 0.25) is 0 Å². The van der Waals surface area contributed by atoms with Crippen LogP contribution in [-0.2, 0) is 6.54 Å². The molecule has 1 aromatic heterocycles. The van der Waals surface area contributed by atoms with Crippen LogP contribution in [0.5, 0.6) is 0 Å². The number of carbonyl (C=O) groups excluding carboxylic acids is 1. The second kappa shape index (κ2) is 9.36. The van der Waals surface area contributed by atoms with E-state index in [0.717, 1.165) is 22.2 Å². The smallest absolute Gasteiger partial charge is 0.276 e. The Morgan fingerprint density at radius 1 is 0.794 bits per heavy atom. The van der Waals surface area contributed by atoms with Crippen LogP contribution < -0.4 is 5.32 Å². The van der Waals surface area contributed by atoms with Crippen LogP contribution in [0, 0.1) is 0 Å². The third-order valence-corrected chi connectivity index (χ3v) is 6.10. The molecule has 5 rings (SSSR count). The summed E-state index contributed by atoms with van der Waals surface area (Å²) in [6, 6.07) is 34.7. The minimum atomic E-state index is -0.202. The normalized spacial score (nSPS) is 11.1. The van der Waals surface area contributed by atoms with E-state index in [9.17, 15) is 4.79 Å². The minimum Gasteiger partial charge on any atom is -0.321 e. The van der Waals surface area contributed by atoms with Gasteiger partial charge in [0.1, 0.15) is 0 Å². The number of hydrogen-bond acceptors (Lipinski definition) is 2. The number of rotatable bonds is 6. The van der Waals surface area contributed by atoms with Crippen LogP contribution in [0.1, 0.15) is 41.4 Å². The Balaban J connectivity index is 1.39. The number of anilines is 1. The number of nitrogens with zero attached hydrogens (tertiary/aromatic N) is 2. The number of amides is 1. The van der Waals surface area contributed by atoms with Crippen LogP contribution in [0.25, 0.3) is 22.0 Å².